The van der Waals surface area contributed by atoms with Crippen LogP contribution < -0.4 is 5.32 Å². The second-order valence-electron chi connectivity index (χ2n) is 5.06. The van der Waals surface area contributed by atoms with Crippen LogP contribution in [0.15, 0.2) is 22.7 Å². The molecule has 1 N–H and O–H groups in total. The van der Waals surface area contributed by atoms with Gasteiger partial charge in [-0.3, -0.25) is 0 Å². The summed E-state index contributed by atoms with van der Waals surface area (Å²) in [7, 11) is 4.14. The number of benzene rings is 1. The molecule has 1 heterocycles. The fourth-order valence-corrected chi connectivity index (χ4v) is 2.80. The van der Waals surface area contributed by atoms with Crippen LogP contribution in [0.5, 0.6) is 0 Å². The average molecular weight is 295 g/mol. The number of rotatable bonds is 2. The summed E-state index contributed by atoms with van der Waals surface area (Å²) in [5, 5.41) is 4.72. The highest BCUT2D eigenvalue weighted by Crippen LogP contribution is 2.34. The van der Waals surface area contributed by atoms with Gasteiger partial charge in [0.15, 0.2) is 0 Å². The van der Waals surface area contributed by atoms with Crippen molar-refractivity contribution in [1.82, 2.24) is 9.88 Å². The van der Waals surface area contributed by atoms with Gasteiger partial charge < -0.3 is 9.88 Å². The molecule has 0 radical (unpaired) electrons. The van der Waals surface area contributed by atoms with E-state index in [4.69, 9.17) is 0 Å². The highest BCUT2D eigenvalue weighted by atomic mass is 79.9. The molecule has 2 nitrogen and oxygen atoms in total. The number of hydrogen-bond acceptors (Lipinski definition) is 1. The lowest BCUT2D eigenvalue weighted by Gasteiger charge is -2.25. The normalized spacial score (nSPS) is 12.4. The van der Waals surface area contributed by atoms with Gasteiger partial charge in [0, 0.05) is 39.2 Å². The van der Waals surface area contributed by atoms with Gasteiger partial charge in [-0.05, 0) is 40.0 Å². The Balaban J connectivity index is 2.85. The Morgan fingerprint density at radius 1 is 1.29 bits per heavy atom. The molecule has 0 aliphatic rings. The minimum absolute atomic E-state index is 0.0164. The van der Waals surface area contributed by atoms with Gasteiger partial charge in [0.1, 0.15) is 0 Å². The van der Waals surface area contributed by atoms with E-state index in [9.17, 15) is 0 Å². The molecule has 0 saturated carbocycles. The van der Waals surface area contributed by atoms with Crippen LogP contribution in [0.25, 0.3) is 10.9 Å². The largest absolute Gasteiger partial charge is 0.348 e. The third kappa shape index (κ3) is 1.91. The van der Waals surface area contributed by atoms with Crippen molar-refractivity contribution in [3.63, 3.8) is 0 Å². The van der Waals surface area contributed by atoms with E-state index >= 15 is 0 Å². The summed E-state index contributed by atoms with van der Waals surface area (Å²) in [6.07, 6.45) is 0. The molecule has 92 valence electrons. The van der Waals surface area contributed by atoms with Crippen LogP contribution >= 0.6 is 15.9 Å². The van der Waals surface area contributed by atoms with Crippen LogP contribution in [-0.2, 0) is 12.6 Å². The molecule has 0 unspecified atom stereocenters. The quantitative estimate of drug-likeness (QED) is 0.894. The van der Waals surface area contributed by atoms with Gasteiger partial charge in [0.05, 0.1) is 0 Å². The second kappa shape index (κ2) is 4.14. The molecule has 0 fully saturated rings. The Bertz CT molecular complexity index is 567. The maximum atomic E-state index is 3.54. The van der Waals surface area contributed by atoms with Crippen LogP contribution in [0.1, 0.15) is 25.1 Å². The SMILES string of the molecule is CNC(C)(C)c1c(C)n(C)c2cc(Br)ccc12. The average Bonchev–Trinajstić information content (AvgIpc) is 2.53. The Morgan fingerprint density at radius 3 is 2.53 bits per heavy atom. The van der Waals surface area contributed by atoms with Crippen molar-refractivity contribution < 1.29 is 0 Å². The predicted molar refractivity (Wildman–Crippen MR) is 77.4 cm³/mol. The Hall–Kier alpha value is -0.800. The van der Waals surface area contributed by atoms with E-state index in [1.165, 1.54) is 22.2 Å². The molecule has 0 atom stereocenters. The van der Waals surface area contributed by atoms with E-state index in [2.05, 4.69) is 71.8 Å². The van der Waals surface area contributed by atoms with Crippen LogP contribution in [0.2, 0.25) is 0 Å². The van der Waals surface area contributed by atoms with Gasteiger partial charge in [-0.2, -0.15) is 0 Å². The van der Waals surface area contributed by atoms with Gasteiger partial charge >= 0.3 is 0 Å². The summed E-state index contributed by atoms with van der Waals surface area (Å²) in [4.78, 5) is 0. The van der Waals surface area contributed by atoms with Crippen molar-refractivity contribution >= 4 is 26.8 Å². The van der Waals surface area contributed by atoms with Crippen LogP contribution in [0, 0.1) is 6.92 Å². The first-order valence-corrected chi connectivity index (χ1v) is 6.61. The molecular weight excluding hydrogens is 276 g/mol. The number of nitrogens with one attached hydrogen (secondary N) is 1. The number of aromatic nitrogens is 1. The summed E-state index contributed by atoms with van der Waals surface area (Å²) in [5.41, 5.74) is 3.95. The fraction of sp³-hybridized carbons (Fsp3) is 0.429. The Morgan fingerprint density at radius 2 is 1.94 bits per heavy atom. The predicted octanol–water partition coefficient (Wildman–Crippen LogP) is 3.70. The topological polar surface area (TPSA) is 17.0 Å². The number of halogens is 1. The van der Waals surface area contributed by atoms with E-state index in [-0.39, 0.29) is 5.54 Å². The maximum absolute atomic E-state index is 3.54. The van der Waals surface area contributed by atoms with Crippen molar-refractivity contribution in [2.45, 2.75) is 26.3 Å². The van der Waals surface area contributed by atoms with Gasteiger partial charge in [0.25, 0.3) is 0 Å². The van der Waals surface area contributed by atoms with E-state index in [1.807, 2.05) is 7.05 Å². The van der Waals surface area contributed by atoms with Gasteiger partial charge in [-0.25, -0.2) is 0 Å². The Labute approximate surface area is 111 Å². The summed E-state index contributed by atoms with van der Waals surface area (Å²) < 4.78 is 3.38. The number of fused-ring (bicyclic) bond motifs is 1. The molecule has 3 heteroatoms. The second-order valence-corrected chi connectivity index (χ2v) is 5.97. The smallest absolute Gasteiger partial charge is 0.0494 e. The summed E-state index contributed by atoms with van der Waals surface area (Å²) in [6, 6.07) is 6.48. The Kier molecular flexibility index (Phi) is 3.08. The minimum Gasteiger partial charge on any atom is -0.348 e. The zero-order valence-corrected chi connectivity index (χ0v) is 12.6. The summed E-state index contributed by atoms with van der Waals surface area (Å²) in [6.45, 7) is 6.62. The lowest BCUT2D eigenvalue weighted by Crippen LogP contribution is -2.33. The number of aryl methyl sites for hydroxylation is 1. The van der Waals surface area contributed by atoms with Crippen molar-refractivity contribution in [2.75, 3.05) is 7.05 Å². The third-order valence-electron chi connectivity index (χ3n) is 3.71. The molecule has 0 aliphatic carbocycles. The first-order valence-electron chi connectivity index (χ1n) is 5.82. The van der Waals surface area contributed by atoms with Gasteiger partial charge in [-0.15, -0.1) is 0 Å². The molecule has 0 aliphatic heterocycles. The molecule has 0 amide bonds. The van der Waals surface area contributed by atoms with Crippen LogP contribution in [0.4, 0.5) is 0 Å². The van der Waals surface area contributed by atoms with Crippen LogP contribution in [-0.4, -0.2) is 11.6 Å². The first kappa shape index (κ1) is 12.7. The highest BCUT2D eigenvalue weighted by Gasteiger charge is 2.25. The minimum atomic E-state index is -0.0164. The van der Waals surface area contributed by atoms with E-state index < -0.39 is 0 Å². The van der Waals surface area contributed by atoms with Crippen molar-refractivity contribution in [1.29, 1.82) is 0 Å². The molecular formula is C14H19BrN2. The van der Waals surface area contributed by atoms with E-state index in [0.717, 1.165) is 4.47 Å². The molecule has 2 aromatic rings. The molecule has 0 bridgehead atoms. The van der Waals surface area contributed by atoms with E-state index in [0.29, 0.717) is 0 Å². The lowest BCUT2D eigenvalue weighted by atomic mass is 9.92. The number of hydrogen-bond donors (Lipinski definition) is 1. The highest BCUT2D eigenvalue weighted by molar-refractivity contribution is 9.10. The fourth-order valence-electron chi connectivity index (χ4n) is 2.45. The van der Waals surface area contributed by atoms with Crippen molar-refractivity contribution in [3.8, 4) is 0 Å². The standard InChI is InChI=1S/C14H19BrN2/c1-9-13(14(2,3)16-4)11-7-6-10(15)8-12(11)17(9)5/h6-8,16H,1-5H3. The molecule has 0 saturated heterocycles. The molecule has 2 rings (SSSR count). The molecule has 1 aromatic carbocycles. The maximum Gasteiger partial charge on any atom is 0.0494 e. The molecule has 0 spiro atoms. The number of nitrogens with zero attached hydrogens (tertiary/aromatic N) is 1. The summed E-state index contributed by atoms with van der Waals surface area (Å²) >= 11 is 3.54. The van der Waals surface area contributed by atoms with Crippen molar-refractivity contribution in [3.05, 3.63) is 33.9 Å². The zero-order valence-electron chi connectivity index (χ0n) is 11.1. The van der Waals surface area contributed by atoms with Crippen molar-refractivity contribution in [2.24, 2.45) is 7.05 Å². The monoisotopic (exact) mass is 294 g/mol. The van der Waals surface area contributed by atoms with Crippen LogP contribution in [0.3, 0.4) is 0 Å². The first-order chi connectivity index (χ1) is 7.88. The molecule has 1 aromatic heterocycles. The van der Waals surface area contributed by atoms with Gasteiger partial charge in [0.2, 0.25) is 0 Å². The van der Waals surface area contributed by atoms with Gasteiger partial charge in [-0.1, -0.05) is 22.0 Å². The summed E-state index contributed by atoms with van der Waals surface area (Å²) in [5.74, 6) is 0. The molecule has 17 heavy (non-hydrogen) atoms. The lowest BCUT2D eigenvalue weighted by molar-refractivity contribution is 0.444. The van der Waals surface area contributed by atoms with E-state index in [1.54, 1.807) is 0 Å². The third-order valence-corrected chi connectivity index (χ3v) is 4.20. The zero-order chi connectivity index (χ0) is 12.8.